The molecule has 0 heterocycles. The Hall–Kier alpha value is -2.08. The fraction of sp³-hybridized carbons (Fsp3) is 0.467. The Bertz CT molecular complexity index is 473. The van der Waals surface area contributed by atoms with Crippen molar-refractivity contribution in [3.05, 3.63) is 24.3 Å². The first kappa shape index (κ1) is 17.0. The van der Waals surface area contributed by atoms with E-state index in [0.29, 0.717) is 30.9 Å². The summed E-state index contributed by atoms with van der Waals surface area (Å²) in [6.07, 6.45) is 1.18. The summed E-state index contributed by atoms with van der Waals surface area (Å²) < 4.78 is 10.4. The van der Waals surface area contributed by atoms with Gasteiger partial charge in [-0.05, 0) is 32.4 Å². The lowest BCUT2D eigenvalue weighted by atomic mass is 10.2. The van der Waals surface area contributed by atoms with Gasteiger partial charge < -0.3 is 19.9 Å². The zero-order valence-corrected chi connectivity index (χ0v) is 12.3. The summed E-state index contributed by atoms with van der Waals surface area (Å²) in [5.74, 6) is -0.759. The second-order valence-electron chi connectivity index (χ2n) is 4.78. The van der Waals surface area contributed by atoms with Gasteiger partial charge in [0.15, 0.2) is 6.61 Å². The first-order valence-electron chi connectivity index (χ1n) is 6.83. The third kappa shape index (κ3) is 7.94. The van der Waals surface area contributed by atoms with Crippen molar-refractivity contribution in [1.82, 2.24) is 0 Å². The number of aliphatic carboxylic acids is 1. The summed E-state index contributed by atoms with van der Waals surface area (Å²) in [6, 6.07) is 6.63. The van der Waals surface area contributed by atoms with Crippen LogP contribution in [0.15, 0.2) is 24.3 Å². The summed E-state index contributed by atoms with van der Waals surface area (Å²) in [4.78, 5) is 22.2. The van der Waals surface area contributed by atoms with E-state index in [-0.39, 0.29) is 12.0 Å². The lowest BCUT2D eigenvalue weighted by molar-refractivity contribution is -0.139. The average Bonchev–Trinajstić information content (AvgIpc) is 2.41. The van der Waals surface area contributed by atoms with Crippen molar-refractivity contribution in [2.75, 3.05) is 18.5 Å². The maximum absolute atomic E-state index is 11.7. The number of carboxylic acid groups (broad SMARTS) is 1. The lowest BCUT2D eigenvalue weighted by Crippen LogP contribution is -2.13. The minimum Gasteiger partial charge on any atom is -0.482 e. The van der Waals surface area contributed by atoms with Gasteiger partial charge in [0.1, 0.15) is 5.75 Å². The quantitative estimate of drug-likeness (QED) is 0.683. The Balaban J connectivity index is 2.38. The van der Waals surface area contributed by atoms with Crippen LogP contribution >= 0.6 is 0 Å². The molecule has 0 aliphatic carbocycles. The van der Waals surface area contributed by atoms with Gasteiger partial charge in [-0.25, -0.2) is 4.79 Å². The molecule has 116 valence electrons. The Labute approximate surface area is 124 Å². The molecule has 0 aliphatic heterocycles. The normalized spacial score (nSPS) is 10.4. The van der Waals surface area contributed by atoms with E-state index in [4.69, 9.17) is 14.6 Å². The smallest absolute Gasteiger partial charge is 0.341 e. The molecule has 1 amide bonds. The van der Waals surface area contributed by atoms with Gasteiger partial charge in [-0.1, -0.05) is 6.07 Å². The van der Waals surface area contributed by atoms with E-state index in [1.165, 1.54) is 0 Å². The van der Waals surface area contributed by atoms with Gasteiger partial charge >= 0.3 is 5.97 Å². The minimum atomic E-state index is -1.05. The second kappa shape index (κ2) is 8.97. The number of nitrogens with one attached hydrogen (secondary N) is 1. The monoisotopic (exact) mass is 295 g/mol. The van der Waals surface area contributed by atoms with Gasteiger partial charge in [-0.2, -0.15) is 0 Å². The molecule has 6 heteroatoms. The summed E-state index contributed by atoms with van der Waals surface area (Å²) in [5, 5.41) is 11.3. The second-order valence-corrected chi connectivity index (χ2v) is 4.78. The molecule has 0 radical (unpaired) electrons. The molecule has 0 bridgehead atoms. The van der Waals surface area contributed by atoms with Crippen LogP contribution in [-0.4, -0.2) is 36.3 Å². The van der Waals surface area contributed by atoms with Crippen molar-refractivity contribution >= 4 is 17.6 Å². The fourth-order valence-electron chi connectivity index (χ4n) is 1.58. The zero-order valence-electron chi connectivity index (χ0n) is 12.3. The third-order valence-corrected chi connectivity index (χ3v) is 2.48. The highest BCUT2D eigenvalue weighted by Gasteiger charge is 2.05. The fourth-order valence-corrected chi connectivity index (χ4v) is 1.58. The molecule has 0 unspecified atom stereocenters. The number of carboxylic acids is 1. The molecule has 0 saturated carbocycles. The van der Waals surface area contributed by atoms with Crippen LogP contribution in [0.3, 0.4) is 0 Å². The van der Waals surface area contributed by atoms with Crippen LogP contribution in [0, 0.1) is 0 Å². The van der Waals surface area contributed by atoms with E-state index in [2.05, 4.69) is 5.32 Å². The summed E-state index contributed by atoms with van der Waals surface area (Å²) >= 11 is 0. The van der Waals surface area contributed by atoms with Crippen LogP contribution in [0.5, 0.6) is 5.75 Å². The van der Waals surface area contributed by atoms with Crippen molar-refractivity contribution in [3.8, 4) is 5.75 Å². The molecule has 0 saturated heterocycles. The number of anilines is 1. The van der Waals surface area contributed by atoms with Gasteiger partial charge in [0.05, 0.1) is 6.10 Å². The van der Waals surface area contributed by atoms with E-state index >= 15 is 0 Å². The van der Waals surface area contributed by atoms with Gasteiger partial charge in [-0.3, -0.25) is 4.79 Å². The predicted octanol–water partition coefficient (Wildman–Crippen LogP) is 2.29. The topological polar surface area (TPSA) is 84.9 Å². The number of rotatable bonds is 9. The summed E-state index contributed by atoms with van der Waals surface area (Å²) in [6.45, 7) is 4.03. The molecule has 1 aromatic rings. The number of ether oxygens (including phenoxy) is 2. The maximum atomic E-state index is 11.7. The zero-order chi connectivity index (χ0) is 15.7. The van der Waals surface area contributed by atoms with Crippen molar-refractivity contribution in [2.24, 2.45) is 0 Å². The highest BCUT2D eigenvalue weighted by molar-refractivity contribution is 5.90. The number of amides is 1. The molecule has 0 spiro atoms. The van der Waals surface area contributed by atoms with Crippen molar-refractivity contribution in [1.29, 1.82) is 0 Å². The molecule has 2 N–H and O–H groups in total. The predicted molar refractivity (Wildman–Crippen MR) is 78.5 cm³/mol. The Kier molecular flexibility index (Phi) is 7.25. The number of carbonyl (C=O) groups excluding carboxylic acids is 1. The van der Waals surface area contributed by atoms with Crippen LogP contribution in [0.1, 0.15) is 26.7 Å². The largest absolute Gasteiger partial charge is 0.482 e. The number of hydrogen-bond donors (Lipinski definition) is 2. The third-order valence-electron chi connectivity index (χ3n) is 2.48. The van der Waals surface area contributed by atoms with E-state index in [0.717, 1.165) is 0 Å². The summed E-state index contributed by atoms with van der Waals surface area (Å²) in [7, 11) is 0. The highest BCUT2D eigenvalue weighted by Crippen LogP contribution is 2.17. The molecule has 1 aromatic carbocycles. The average molecular weight is 295 g/mol. The van der Waals surface area contributed by atoms with E-state index < -0.39 is 12.6 Å². The summed E-state index contributed by atoms with van der Waals surface area (Å²) in [5.41, 5.74) is 0.577. The first-order chi connectivity index (χ1) is 9.97. The lowest BCUT2D eigenvalue weighted by Gasteiger charge is -2.09. The Morgan fingerprint density at radius 1 is 1.33 bits per heavy atom. The van der Waals surface area contributed by atoms with E-state index in [1.54, 1.807) is 24.3 Å². The van der Waals surface area contributed by atoms with Gasteiger partial charge in [-0.15, -0.1) is 0 Å². The van der Waals surface area contributed by atoms with Crippen molar-refractivity contribution in [3.63, 3.8) is 0 Å². The van der Waals surface area contributed by atoms with Crippen LogP contribution in [-0.2, 0) is 14.3 Å². The molecule has 1 rings (SSSR count). The van der Waals surface area contributed by atoms with Crippen LogP contribution < -0.4 is 10.1 Å². The van der Waals surface area contributed by atoms with E-state index in [9.17, 15) is 9.59 Å². The Morgan fingerprint density at radius 2 is 2.10 bits per heavy atom. The maximum Gasteiger partial charge on any atom is 0.341 e. The number of hydrogen-bond acceptors (Lipinski definition) is 4. The van der Waals surface area contributed by atoms with Gasteiger partial charge in [0.25, 0.3) is 0 Å². The van der Waals surface area contributed by atoms with Gasteiger partial charge in [0, 0.05) is 24.8 Å². The minimum absolute atomic E-state index is 0.113. The van der Waals surface area contributed by atoms with Gasteiger partial charge in [0.2, 0.25) is 5.91 Å². The van der Waals surface area contributed by atoms with Crippen molar-refractivity contribution < 1.29 is 24.2 Å². The molecule has 0 fully saturated rings. The number of carbonyl (C=O) groups is 2. The van der Waals surface area contributed by atoms with Crippen molar-refractivity contribution in [2.45, 2.75) is 32.8 Å². The SMILES string of the molecule is CC(C)OCCCC(=O)Nc1cccc(OCC(=O)O)c1. The number of benzene rings is 1. The van der Waals surface area contributed by atoms with E-state index in [1.807, 2.05) is 13.8 Å². The molecule has 21 heavy (non-hydrogen) atoms. The molecule has 0 aromatic heterocycles. The molecule has 0 aliphatic rings. The van der Waals surface area contributed by atoms with Crippen LogP contribution in [0.2, 0.25) is 0 Å². The molecule has 0 atom stereocenters. The Morgan fingerprint density at radius 3 is 2.76 bits per heavy atom. The first-order valence-corrected chi connectivity index (χ1v) is 6.83. The highest BCUT2D eigenvalue weighted by atomic mass is 16.5. The molecular weight excluding hydrogens is 274 g/mol. The molecular formula is C15H21NO5. The molecule has 6 nitrogen and oxygen atoms in total. The standard InChI is InChI=1S/C15H21NO5/c1-11(2)20-8-4-7-14(17)16-12-5-3-6-13(9-12)21-10-15(18)19/h3,5-6,9,11H,4,7-8,10H2,1-2H3,(H,16,17)(H,18,19). The van der Waals surface area contributed by atoms with Crippen LogP contribution in [0.25, 0.3) is 0 Å². The van der Waals surface area contributed by atoms with Crippen LogP contribution in [0.4, 0.5) is 5.69 Å².